The number of hydrogen-bond donors (Lipinski definition) is 1. The lowest BCUT2D eigenvalue weighted by atomic mass is 10.0. The molecule has 2 heterocycles. The normalized spacial score (nSPS) is 15.1. The molecule has 4 rings (SSSR count). The minimum absolute atomic E-state index is 0.207. The molecule has 33 heavy (non-hydrogen) atoms. The highest BCUT2D eigenvalue weighted by Crippen LogP contribution is 2.29. The number of anilines is 1. The number of rotatable bonds is 4. The minimum Gasteiger partial charge on any atom is -0.465 e. The summed E-state index contributed by atoms with van der Waals surface area (Å²) >= 11 is 0. The van der Waals surface area contributed by atoms with E-state index in [1.165, 1.54) is 13.2 Å². The zero-order valence-corrected chi connectivity index (χ0v) is 18.2. The number of ether oxygens (including phenoxy) is 1. The fourth-order valence-electron chi connectivity index (χ4n) is 3.56. The maximum Gasteiger partial charge on any atom is 0.338 e. The van der Waals surface area contributed by atoms with E-state index < -0.39 is 23.8 Å². The summed E-state index contributed by atoms with van der Waals surface area (Å²) in [5, 5.41) is 2.20. The van der Waals surface area contributed by atoms with Crippen LogP contribution in [0.25, 0.3) is 17.4 Å². The fourth-order valence-corrected chi connectivity index (χ4v) is 3.56. The van der Waals surface area contributed by atoms with Crippen LogP contribution in [0, 0.1) is 13.8 Å². The molecule has 0 bridgehead atoms. The smallest absolute Gasteiger partial charge is 0.338 e. The van der Waals surface area contributed by atoms with Gasteiger partial charge < -0.3 is 9.15 Å². The summed E-state index contributed by atoms with van der Waals surface area (Å²) in [4.78, 5) is 51.1. The summed E-state index contributed by atoms with van der Waals surface area (Å²) in [5.41, 5.74) is 2.60. The zero-order valence-electron chi connectivity index (χ0n) is 18.2. The summed E-state index contributed by atoms with van der Waals surface area (Å²) < 4.78 is 10.6. The van der Waals surface area contributed by atoms with Gasteiger partial charge in [-0.2, -0.15) is 0 Å². The fraction of sp³-hybridized carbons (Fsp3) is 0.120. The SMILES string of the molecule is COC(=O)c1ccccc1-c1ccc(C=C2C(=O)NC(=O)N(c3cccc(C)c3C)C2=O)o1. The molecule has 0 spiro atoms. The standard InChI is InChI=1S/C25H20N2O6/c1-14-7-6-10-20(15(14)2)27-23(29)19(22(28)26-25(27)31)13-16-11-12-21(33-16)17-8-4-5-9-18(17)24(30)32-3/h4-13H,1-3H3,(H,26,28,31). The summed E-state index contributed by atoms with van der Waals surface area (Å²) in [6.07, 6.45) is 1.27. The number of benzene rings is 2. The molecule has 3 aromatic rings. The maximum atomic E-state index is 13.1. The number of amides is 4. The van der Waals surface area contributed by atoms with Crippen molar-refractivity contribution in [1.82, 2.24) is 5.32 Å². The molecule has 0 aliphatic carbocycles. The molecule has 0 saturated carbocycles. The zero-order chi connectivity index (χ0) is 23.7. The van der Waals surface area contributed by atoms with Crippen LogP contribution >= 0.6 is 0 Å². The molecule has 0 radical (unpaired) electrons. The monoisotopic (exact) mass is 444 g/mol. The number of urea groups is 1. The molecule has 0 atom stereocenters. The highest BCUT2D eigenvalue weighted by Gasteiger charge is 2.37. The van der Waals surface area contributed by atoms with E-state index in [0.29, 0.717) is 22.6 Å². The van der Waals surface area contributed by atoms with Gasteiger partial charge in [0.15, 0.2) is 0 Å². The molecule has 4 amide bonds. The number of carbonyl (C=O) groups excluding carboxylic acids is 4. The Labute approximate surface area is 189 Å². The number of methoxy groups -OCH3 is 1. The average molecular weight is 444 g/mol. The molecule has 0 unspecified atom stereocenters. The molecule has 8 nitrogen and oxygen atoms in total. The van der Waals surface area contributed by atoms with Crippen molar-refractivity contribution >= 4 is 35.6 Å². The van der Waals surface area contributed by atoms with Crippen molar-refractivity contribution in [3.63, 3.8) is 0 Å². The Morgan fingerprint density at radius 1 is 1.00 bits per heavy atom. The van der Waals surface area contributed by atoms with Gasteiger partial charge >= 0.3 is 12.0 Å². The van der Waals surface area contributed by atoms with Gasteiger partial charge in [0.05, 0.1) is 18.4 Å². The third kappa shape index (κ3) is 3.94. The van der Waals surface area contributed by atoms with Gasteiger partial charge in [-0.1, -0.05) is 30.3 Å². The first-order valence-corrected chi connectivity index (χ1v) is 10.1. The Bertz CT molecular complexity index is 1330. The average Bonchev–Trinajstić information content (AvgIpc) is 3.27. The number of furan rings is 1. The van der Waals surface area contributed by atoms with E-state index in [0.717, 1.165) is 16.0 Å². The lowest BCUT2D eigenvalue weighted by molar-refractivity contribution is -0.122. The Kier molecular flexibility index (Phi) is 5.66. The molecule has 1 N–H and O–H groups in total. The second-order valence-corrected chi connectivity index (χ2v) is 7.42. The number of hydrogen-bond acceptors (Lipinski definition) is 6. The molecule has 2 aromatic carbocycles. The Hall–Kier alpha value is -4.46. The molecule has 1 aliphatic rings. The van der Waals surface area contributed by atoms with E-state index in [4.69, 9.17) is 9.15 Å². The quantitative estimate of drug-likeness (QED) is 0.370. The van der Waals surface area contributed by atoms with E-state index in [9.17, 15) is 19.2 Å². The summed E-state index contributed by atoms with van der Waals surface area (Å²) in [6.45, 7) is 3.66. The van der Waals surface area contributed by atoms with Gasteiger partial charge in [0, 0.05) is 5.56 Å². The van der Waals surface area contributed by atoms with E-state index in [1.807, 2.05) is 13.0 Å². The lowest BCUT2D eigenvalue weighted by Gasteiger charge is -2.27. The van der Waals surface area contributed by atoms with Crippen LogP contribution in [0.2, 0.25) is 0 Å². The van der Waals surface area contributed by atoms with Crippen molar-refractivity contribution in [1.29, 1.82) is 0 Å². The number of esters is 1. The number of aryl methyl sites for hydroxylation is 1. The lowest BCUT2D eigenvalue weighted by Crippen LogP contribution is -2.54. The second kappa shape index (κ2) is 8.58. The summed E-state index contributed by atoms with van der Waals surface area (Å²) in [5.74, 6) is -1.54. The first-order valence-electron chi connectivity index (χ1n) is 10.1. The molecule has 1 aliphatic heterocycles. The van der Waals surface area contributed by atoms with Crippen molar-refractivity contribution in [2.24, 2.45) is 0 Å². The van der Waals surface area contributed by atoms with Gasteiger partial charge in [0.1, 0.15) is 17.1 Å². The van der Waals surface area contributed by atoms with Crippen molar-refractivity contribution in [3.8, 4) is 11.3 Å². The van der Waals surface area contributed by atoms with Gasteiger partial charge in [0.25, 0.3) is 11.8 Å². The van der Waals surface area contributed by atoms with Gasteiger partial charge in [0.2, 0.25) is 0 Å². The molecule has 166 valence electrons. The number of carbonyl (C=O) groups is 4. The summed E-state index contributed by atoms with van der Waals surface area (Å²) in [6, 6.07) is 14.3. The third-order valence-electron chi connectivity index (χ3n) is 5.43. The predicted molar refractivity (Wildman–Crippen MR) is 120 cm³/mol. The van der Waals surface area contributed by atoms with Gasteiger partial charge in [-0.25, -0.2) is 14.5 Å². The van der Waals surface area contributed by atoms with E-state index in [1.54, 1.807) is 55.5 Å². The highest BCUT2D eigenvalue weighted by atomic mass is 16.5. The van der Waals surface area contributed by atoms with Crippen LogP contribution in [0.5, 0.6) is 0 Å². The van der Waals surface area contributed by atoms with Crippen LogP contribution in [0.4, 0.5) is 10.5 Å². The molecule has 8 heteroatoms. The van der Waals surface area contributed by atoms with Crippen molar-refractivity contribution < 1.29 is 28.3 Å². The third-order valence-corrected chi connectivity index (χ3v) is 5.43. The Balaban J connectivity index is 1.71. The first-order chi connectivity index (χ1) is 15.8. The van der Waals surface area contributed by atoms with Crippen molar-refractivity contribution in [2.75, 3.05) is 12.0 Å². The number of nitrogens with one attached hydrogen (secondary N) is 1. The molecule has 1 fully saturated rings. The second-order valence-electron chi connectivity index (χ2n) is 7.42. The summed E-state index contributed by atoms with van der Waals surface area (Å²) in [7, 11) is 1.29. The Morgan fingerprint density at radius 3 is 2.52 bits per heavy atom. The largest absolute Gasteiger partial charge is 0.465 e. The topological polar surface area (TPSA) is 106 Å². The van der Waals surface area contributed by atoms with Crippen LogP contribution in [-0.2, 0) is 14.3 Å². The number of nitrogens with zero attached hydrogens (tertiary/aromatic N) is 1. The van der Waals surface area contributed by atoms with Crippen LogP contribution in [-0.4, -0.2) is 30.9 Å². The van der Waals surface area contributed by atoms with Crippen LogP contribution in [0.3, 0.4) is 0 Å². The molecular formula is C25H20N2O6. The molecule has 1 saturated heterocycles. The van der Waals surface area contributed by atoms with E-state index in [2.05, 4.69) is 5.32 Å². The van der Waals surface area contributed by atoms with Gasteiger partial charge in [-0.05, 0) is 55.3 Å². The van der Waals surface area contributed by atoms with Crippen LogP contribution in [0.1, 0.15) is 27.2 Å². The van der Waals surface area contributed by atoms with Crippen molar-refractivity contribution in [3.05, 3.63) is 82.6 Å². The molecule has 1 aromatic heterocycles. The highest BCUT2D eigenvalue weighted by molar-refractivity contribution is 6.39. The number of imide groups is 2. The van der Waals surface area contributed by atoms with E-state index >= 15 is 0 Å². The minimum atomic E-state index is -0.820. The van der Waals surface area contributed by atoms with Gasteiger partial charge in [-0.3, -0.25) is 14.9 Å². The maximum absolute atomic E-state index is 13.1. The number of barbiturate groups is 1. The first kappa shape index (κ1) is 21.8. The van der Waals surface area contributed by atoms with Crippen molar-refractivity contribution in [2.45, 2.75) is 13.8 Å². The van der Waals surface area contributed by atoms with E-state index in [-0.39, 0.29) is 11.3 Å². The van der Waals surface area contributed by atoms with Crippen LogP contribution < -0.4 is 10.2 Å². The Morgan fingerprint density at radius 2 is 1.76 bits per heavy atom. The van der Waals surface area contributed by atoms with Crippen LogP contribution in [0.15, 0.2) is 64.6 Å². The van der Waals surface area contributed by atoms with Gasteiger partial charge in [-0.15, -0.1) is 0 Å². The predicted octanol–water partition coefficient (Wildman–Crippen LogP) is 4.02. The molecular weight excluding hydrogens is 424 g/mol.